The summed E-state index contributed by atoms with van der Waals surface area (Å²) in [5.41, 5.74) is 1.40. The van der Waals surface area contributed by atoms with Crippen LogP contribution >= 0.6 is 22.9 Å². The number of hydrogen-bond acceptors (Lipinski definition) is 13. The number of imide groups is 2. The van der Waals surface area contributed by atoms with E-state index in [0.29, 0.717) is 46.5 Å². The molecule has 3 aliphatic heterocycles. The molecule has 0 bridgehead atoms. The van der Waals surface area contributed by atoms with Crippen molar-refractivity contribution in [2.24, 2.45) is 4.99 Å². The van der Waals surface area contributed by atoms with E-state index in [9.17, 15) is 33.6 Å². The van der Waals surface area contributed by atoms with Gasteiger partial charge >= 0.3 is 5.97 Å². The highest BCUT2D eigenvalue weighted by atomic mass is 35.5. The van der Waals surface area contributed by atoms with Crippen LogP contribution in [-0.2, 0) is 35.3 Å². The van der Waals surface area contributed by atoms with Gasteiger partial charge in [0.15, 0.2) is 12.4 Å². The average molecular weight is 919 g/mol. The number of fused-ring (bicyclic) bond motifs is 4. The molecule has 2 aromatic heterocycles. The highest BCUT2D eigenvalue weighted by Gasteiger charge is 2.62. The fourth-order valence-electron chi connectivity index (χ4n) is 8.04. The first kappa shape index (κ1) is 44.6. The molecule has 3 aromatic carbocycles. The summed E-state index contributed by atoms with van der Waals surface area (Å²) in [6.07, 6.45) is 0.251. The van der Waals surface area contributed by atoms with Crippen molar-refractivity contribution in [3.8, 4) is 10.8 Å². The van der Waals surface area contributed by atoms with Crippen LogP contribution in [0, 0.1) is 20.8 Å². The van der Waals surface area contributed by atoms with Gasteiger partial charge in [-0.3, -0.25) is 43.6 Å². The molecular formula is C46H43ClN8O9S. The lowest BCUT2D eigenvalue weighted by Gasteiger charge is -2.38. The molecule has 0 aliphatic carbocycles. The quantitative estimate of drug-likeness (QED) is 0.0561. The van der Waals surface area contributed by atoms with Gasteiger partial charge in [0, 0.05) is 40.5 Å². The number of rotatable bonds is 15. The number of aliphatic imine (C=N–C) groups is 1. The highest BCUT2D eigenvalue weighted by molar-refractivity contribution is 7.15. The van der Waals surface area contributed by atoms with Gasteiger partial charge in [-0.05, 0) is 75.4 Å². The van der Waals surface area contributed by atoms with Crippen molar-refractivity contribution >= 4 is 70.1 Å². The van der Waals surface area contributed by atoms with Crippen LogP contribution in [0.25, 0.3) is 5.00 Å². The molecule has 19 heteroatoms. The molecule has 1 fully saturated rings. The van der Waals surface area contributed by atoms with Crippen LogP contribution in [0.2, 0.25) is 5.02 Å². The predicted molar refractivity (Wildman–Crippen MR) is 237 cm³/mol. The van der Waals surface area contributed by atoms with Gasteiger partial charge in [-0.2, -0.15) is 0 Å². The third-order valence-corrected chi connectivity index (χ3v) is 12.9. The summed E-state index contributed by atoms with van der Waals surface area (Å²) in [5, 5.41) is 18.1. The minimum absolute atomic E-state index is 0.0253. The van der Waals surface area contributed by atoms with Crippen LogP contribution in [0.5, 0.6) is 5.75 Å². The summed E-state index contributed by atoms with van der Waals surface area (Å²) in [4.78, 5) is 100. The van der Waals surface area contributed by atoms with E-state index in [-0.39, 0.29) is 48.8 Å². The Hall–Kier alpha value is -7.05. The predicted octanol–water partition coefficient (Wildman–Crippen LogP) is 4.80. The zero-order chi connectivity index (χ0) is 46.0. The Bertz CT molecular complexity index is 2790. The number of ether oxygens (including phenoxy) is 2. The van der Waals surface area contributed by atoms with Crippen LogP contribution in [0.15, 0.2) is 77.8 Å². The molecule has 3 aliphatic rings. The van der Waals surface area contributed by atoms with Gasteiger partial charge in [-0.15, -0.1) is 21.5 Å². The van der Waals surface area contributed by atoms with Crippen molar-refractivity contribution in [3.63, 3.8) is 0 Å². The van der Waals surface area contributed by atoms with E-state index in [1.807, 2.05) is 35.8 Å². The molecule has 8 rings (SSSR count). The number of benzene rings is 3. The summed E-state index contributed by atoms with van der Waals surface area (Å²) in [5.74, 6) is -4.60. The maximum atomic E-state index is 14.0. The molecule has 0 spiro atoms. The Morgan fingerprint density at radius 1 is 0.877 bits per heavy atom. The lowest BCUT2D eigenvalue weighted by Crippen LogP contribution is -2.68. The monoisotopic (exact) mass is 918 g/mol. The summed E-state index contributed by atoms with van der Waals surface area (Å²) in [6, 6.07) is 19.6. The summed E-state index contributed by atoms with van der Waals surface area (Å²) >= 11 is 7.85. The molecule has 1 saturated heterocycles. The number of thiophene rings is 1. The fraction of sp³-hybridized carbons (Fsp3) is 0.304. The van der Waals surface area contributed by atoms with Crippen LogP contribution in [0.3, 0.4) is 0 Å². The summed E-state index contributed by atoms with van der Waals surface area (Å²) < 4.78 is 13.2. The lowest BCUT2D eigenvalue weighted by molar-refractivity contribution is -0.165. The number of amides is 6. The van der Waals surface area contributed by atoms with E-state index in [0.717, 1.165) is 32.3 Å². The van der Waals surface area contributed by atoms with Gasteiger partial charge in [0.05, 0.1) is 23.3 Å². The Kier molecular flexibility index (Phi) is 12.7. The van der Waals surface area contributed by atoms with E-state index in [1.165, 1.54) is 18.2 Å². The molecule has 65 heavy (non-hydrogen) atoms. The Morgan fingerprint density at radius 3 is 2.32 bits per heavy atom. The number of carbonyl (C=O) groups is 7. The first-order valence-electron chi connectivity index (χ1n) is 20.9. The van der Waals surface area contributed by atoms with Crippen molar-refractivity contribution in [2.45, 2.75) is 71.1 Å². The number of hydrogen-bond donors (Lipinski definition) is 3. The molecule has 6 amide bonds. The van der Waals surface area contributed by atoms with Gasteiger partial charge in [-0.25, -0.2) is 9.69 Å². The minimum Gasteiger partial charge on any atom is -0.483 e. The normalized spacial score (nSPS) is 17.6. The van der Waals surface area contributed by atoms with Crippen molar-refractivity contribution in [3.05, 3.63) is 128 Å². The molecule has 3 N–H and O–H groups in total. The number of unbranched alkanes of at least 4 members (excludes halogenated alkanes) is 1. The molecule has 5 heterocycles. The molecule has 5 aromatic rings. The summed E-state index contributed by atoms with van der Waals surface area (Å²) in [7, 11) is 0. The molecule has 17 nitrogen and oxygen atoms in total. The average Bonchev–Trinajstić information content (AvgIpc) is 3.87. The molecule has 2 unspecified atom stereocenters. The zero-order valence-electron chi connectivity index (χ0n) is 35.6. The molecular weight excluding hydrogens is 876 g/mol. The van der Waals surface area contributed by atoms with Gasteiger partial charge in [-0.1, -0.05) is 60.1 Å². The Balaban J connectivity index is 0.850. The fourth-order valence-corrected chi connectivity index (χ4v) is 9.38. The summed E-state index contributed by atoms with van der Waals surface area (Å²) in [6.45, 7) is 5.80. The van der Waals surface area contributed by atoms with Gasteiger partial charge in [0.1, 0.15) is 29.2 Å². The minimum atomic E-state index is -2.47. The molecule has 0 saturated carbocycles. The van der Waals surface area contributed by atoms with Crippen molar-refractivity contribution < 1.29 is 43.0 Å². The number of piperidine rings is 1. The van der Waals surface area contributed by atoms with Crippen molar-refractivity contribution in [2.75, 3.05) is 19.7 Å². The maximum absolute atomic E-state index is 14.0. The standard InChI is InChI=1S/C46H43ClN8O9S/c1-25-26(2)65-43-37(25)39(29-14-16-30(47)17-15-29)50-32(40-53-52-27(3)54(40)43)22-35(57)48-20-7-8-21-49-36(58)24-63-33-13-9-12-31-38(33)42(60)55(41(31)59)46(19-18-34(56)51-44(46)61)45(62)64-23-28-10-5-4-6-11-28/h4-6,9-17,32H,7-8,18-24H2,1-3H3,(H,48,57)(H,49,58)(H,51,56,61). The number of carbonyl (C=O) groups excluding carboxylic acids is 7. The smallest absolute Gasteiger partial charge is 0.342 e. The number of esters is 1. The van der Waals surface area contributed by atoms with Crippen molar-refractivity contribution in [1.29, 1.82) is 0 Å². The maximum Gasteiger partial charge on any atom is 0.342 e. The zero-order valence-corrected chi connectivity index (χ0v) is 37.1. The second-order valence-electron chi connectivity index (χ2n) is 15.7. The molecule has 0 radical (unpaired) electrons. The van der Waals surface area contributed by atoms with Gasteiger partial charge in [0.25, 0.3) is 23.6 Å². The second-order valence-corrected chi connectivity index (χ2v) is 17.4. The number of nitrogens with one attached hydrogen (secondary N) is 3. The highest BCUT2D eigenvalue weighted by Crippen LogP contribution is 2.41. The first-order valence-corrected chi connectivity index (χ1v) is 22.1. The van der Waals surface area contributed by atoms with Crippen LogP contribution < -0.4 is 20.7 Å². The number of nitrogens with zero attached hydrogens (tertiary/aromatic N) is 5. The van der Waals surface area contributed by atoms with Crippen LogP contribution in [0.4, 0.5) is 0 Å². The second kappa shape index (κ2) is 18.6. The van der Waals surface area contributed by atoms with Gasteiger partial charge in [0.2, 0.25) is 17.4 Å². The Labute approximate surface area is 381 Å². The van der Waals surface area contributed by atoms with E-state index in [4.69, 9.17) is 26.1 Å². The third-order valence-electron chi connectivity index (χ3n) is 11.5. The first-order chi connectivity index (χ1) is 31.3. The third kappa shape index (κ3) is 8.66. The topological polar surface area (TPSA) is 220 Å². The van der Waals surface area contributed by atoms with E-state index >= 15 is 0 Å². The van der Waals surface area contributed by atoms with Crippen molar-refractivity contribution in [1.82, 2.24) is 35.6 Å². The number of aromatic nitrogens is 3. The van der Waals surface area contributed by atoms with E-state index < -0.39 is 60.1 Å². The Morgan fingerprint density at radius 2 is 1.60 bits per heavy atom. The number of halogens is 1. The molecule has 334 valence electrons. The van der Waals surface area contributed by atoms with E-state index in [2.05, 4.69) is 40.0 Å². The largest absolute Gasteiger partial charge is 0.483 e. The van der Waals surface area contributed by atoms with Crippen LogP contribution in [0.1, 0.15) is 97.6 Å². The van der Waals surface area contributed by atoms with Crippen LogP contribution in [-0.4, -0.2) is 92.0 Å². The lowest BCUT2D eigenvalue weighted by atomic mass is 9.86. The SMILES string of the molecule is Cc1sc2c(c1C)C(c1ccc(Cl)cc1)=NC(CC(=O)NCCCCNC(=O)COc1cccc3c1C(=O)N(C1(C(=O)OCc4ccccc4)CCC(=O)NC1=O)C3=O)c1nnc(C)n1-2. The van der Waals surface area contributed by atoms with Gasteiger partial charge < -0.3 is 20.1 Å². The van der Waals surface area contributed by atoms with E-state index in [1.54, 1.807) is 41.7 Å². The molecule has 2 atom stereocenters. The number of aryl methyl sites for hydroxylation is 2.